The molecule has 0 saturated heterocycles. The van der Waals surface area contributed by atoms with Crippen LogP contribution in [0.1, 0.15) is 45.2 Å². The highest BCUT2D eigenvalue weighted by Gasteiger charge is 2.30. The average molecular weight is 236 g/mol. The van der Waals surface area contributed by atoms with Crippen molar-refractivity contribution in [1.29, 1.82) is 0 Å². The van der Waals surface area contributed by atoms with Gasteiger partial charge in [-0.05, 0) is 37.0 Å². The molecule has 1 aliphatic carbocycles. The molecule has 1 fully saturated rings. The third kappa shape index (κ3) is 3.28. The van der Waals surface area contributed by atoms with Crippen LogP contribution < -0.4 is 5.73 Å². The molecule has 1 aliphatic rings. The van der Waals surface area contributed by atoms with Crippen LogP contribution in [-0.4, -0.2) is 21.0 Å². The van der Waals surface area contributed by atoms with Crippen LogP contribution in [0.5, 0.6) is 0 Å². The molecule has 0 aromatic carbocycles. The number of hydrogen-bond acceptors (Lipinski definition) is 3. The largest absolute Gasteiger partial charge is 0.327 e. The Balaban J connectivity index is 1.87. The normalized spacial score (nSPS) is 22.6. The minimum absolute atomic E-state index is 0.239. The van der Waals surface area contributed by atoms with E-state index in [0.717, 1.165) is 12.1 Å². The predicted octanol–water partition coefficient (Wildman–Crippen LogP) is 1.90. The second-order valence-electron chi connectivity index (χ2n) is 6.25. The molecule has 1 saturated carbocycles. The maximum Gasteiger partial charge on any atom is 0.0842 e. The molecular weight excluding hydrogens is 212 g/mol. The van der Waals surface area contributed by atoms with Crippen LogP contribution in [0.4, 0.5) is 0 Å². The van der Waals surface area contributed by atoms with Gasteiger partial charge in [-0.15, -0.1) is 5.10 Å². The van der Waals surface area contributed by atoms with Gasteiger partial charge in [-0.1, -0.05) is 19.1 Å². The quantitative estimate of drug-likeness (QED) is 0.872. The van der Waals surface area contributed by atoms with E-state index in [1.165, 1.54) is 25.7 Å². The smallest absolute Gasteiger partial charge is 0.0842 e. The van der Waals surface area contributed by atoms with Crippen LogP contribution in [0.15, 0.2) is 6.20 Å². The maximum atomic E-state index is 6.30. The number of rotatable bonds is 3. The van der Waals surface area contributed by atoms with Gasteiger partial charge in [0, 0.05) is 25.7 Å². The van der Waals surface area contributed by atoms with Gasteiger partial charge in [0.1, 0.15) is 0 Å². The molecule has 4 nitrogen and oxygen atoms in total. The lowest BCUT2D eigenvalue weighted by molar-refractivity contribution is 0.172. The van der Waals surface area contributed by atoms with E-state index < -0.39 is 0 Å². The molecule has 2 rings (SSSR count). The molecule has 2 N–H and O–H groups in total. The molecule has 0 bridgehead atoms. The summed E-state index contributed by atoms with van der Waals surface area (Å²) in [6.07, 6.45) is 7.94. The highest BCUT2D eigenvalue weighted by molar-refractivity contribution is 4.97. The van der Waals surface area contributed by atoms with Crippen LogP contribution in [-0.2, 0) is 13.5 Å². The summed E-state index contributed by atoms with van der Waals surface area (Å²) in [4.78, 5) is 0. The van der Waals surface area contributed by atoms with Gasteiger partial charge in [-0.3, -0.25) is 4.68 Å². The summed E-state index contributed by atoms with van der Waals surface area (Å²) in [5.74, 6) is 0.657. The van der Waals surface area contributed by atoms with Crippen molar-refractivity contribution in [3.63, 3.8) is 0 Å². The Morgan fingerprint density at radius 3 is 2.65 bits per heavy atom. The van der Waals surface area contributed by atoms with Crippen molar-refractivity contribution in [2.45, 2.75) is 52.0 Å². The Labute approximate surface area is 104 Å². The first-order chi connectivity index (χ1) is 7.96. The highest BCUT2D eigenvalue weighted by Crippen LogP contribution is 2.39. The minimum Gasteiger partial charge on any atom is -0.327 e. The third-order valence-electron chi connectivity index (χ3n) is 4.08. The monoisotopic (exact) mass is 236 g/mol. The van der Waals surface area contributed by atoms with E-state index in [0.29, 0.717) is 11.3 Å². The molecule has 0 spiro atoms. The number of nitrogens with zero attached hydrogens (tertiary/aromatic N) is 3. The number of aryl methyl sites for hydroxylation is 1. The van der Waals surface area contributed by atoms with E-state index in [-0.39, 0.29) is 6.04 Å². The van der Waals surface area contributed by atoms with Gasteiger partial charge in [-0.25, -0.2) is 0 Å². The topological polar surface area (TPSA) is 56.7 Å². The molecule has 1 aromatic rings. The summed E-state index contributed by atoms with van der Waals surface area (Å²) in [6.45, 7) is 4.72. The molecule has 96 valence electrons. The van der Waals surface area contributed by atoms with Gasteiger partial charge < -0.3 is 5.73 Å². The molecule has 1 atom stereocenters. The molecule has 1 aromatic heterocycles. The zero-order valence-electron chi connectivity index (χ0n) is 11.2. The lowest BCUT2D eigenvalue weighted by Crippen LogP contribution is -2.36. The SMILES string of the molecule is Cn1cc(CC(N)C2CCC(C)(C)CC2)nn1. The number of hydrogen-bond donors (Lipinski definition) is 1. The Bertz CT molecular complexity index is 359. The fourth-order valence-corrected chi connectivity index (χ4v) is 2.75. The maximum absolute atomic E-state index is 6.30. The molecule has 0 amide bonds. The Morgan fingerprint density at radius 1 is 1.47 bits per heavy atom. The zero-order valence-corrected chi connectivity index (χ0v) is 11.2. The predicted molar refractivity (Wildman–Crippen MR) is 68.4 cm³/mol. The average Bonchev–Trinajstić information content (AvgIpc) is 2.63. The van der Waals surface area contributed by atoms with Gasteiger partial charge in [-0.2, -0.15) is 0 Å². The zero-order chi connectivity index (χ0) is 12.5. The number of nitrogens with two attached hydrogens (primary N) is 1. The van der Waals surface area contributed by atoms with E-state index in [1.54, 1.807) is 4.68 Å². The molecule has 4 heteroatoms. The van der Waals surface area contributed by atoms with Crippen LogP contribution in [0.3, 0.4) is 0 Å². The van der Waals surface area contributed by atoms with Crippen molar-refractivity contribution in [2.24, 2.45) is 24.1 Å². The summed E-state index contributed by atoms with van der Waals surface area (Å²) in [5.41, 5.74) is 7.84. The van der Waals surface area contributed by atoms with Crippen molar-refractivity contribution in [3.05, 3.63) is 11.9 Å². The van der Waals surface area contributed by atoms with Crippen molar-refractivity contribution in [1.82, 2.24) is 15.0 Å². The third-order valence-corrected chi connectivity index (χ3v) is 4.08. The Morgan fingerprint density at radius 2 is 2.12 bits per heavy atom. The molecule has 17 heavy (non-hydrogen) atoms. The molecule has 1 unspecified atom stereocenters. The fourth-order valence-electron chi connectivity index (χ4n) is 2.75. The fraction of sp³-hybridized carbons (Fsp3) is 0.846. The van der Waals surface area contributed by atoms with Gasteiger partial charge in [0.15, 0.2) is 0 Å². The van der Waals surface area contributed by atoms with Crippen molar-refractivity contribution in [2.75, 3.05) is 0 Å². The van der Waals surface area contributed by atoms with Crippen molar-refractivity contribution >= 4 is 0 Å². The standard InChI is InChI=1S/C13H24N4/c1-13(2)6-4-10(5-7-13)12(14)8-11-9-17(3)16-15-11/h9-10,12H,4-8,14H2,1-3H3. The molecule has 1 heterocycles. The highest BCUT2D eigenvalue weighted by atomic mass is 15.4. The van der Waals surface area contributed by atoms with E-state index in [4.69, 9.17) is 5.73 Å². The van der Waals surface area contributed by atoms with Gasteiger partial charge in [0.25, 0.3) is 0 Å². The summed E-state index contributed by atoms with van der Waals surface area (Å²) in [5, 5.41) is 8.06. The van der Waals surface area contributed by atoms with E-state index in [9.17, 15) is 0 Å². The van der Waals surface area contributed by atoms with Crippen LogP contribution in [0.2, 0.25) is 0 Å². The summed E-state index contributed by atoms with van der Waals surface area (Å²) in [7, 11) is 1.89. The van der Waals surface area contributed by atoms with E-state index in [2.05, 4.69) is 24.2 Å². The summed E-state index contributed by atoms with van der Waals surface area (Å²) >= 11 is 0. The first-order valence-electron chi connectivity index (χ1n) is 6.57. The first kappa shape index (κ1) is 12.6. The molecule has 0 radical (unpaired) electrons. The van der Waals surface area contributed by atoms with Crippen molar-refractivity contribution < 1.29 is 0 Å². The second-order valence-corrected chi connectivity index (χ2v) is 6.25. The van der Waals surface area contributed by atoms with E-state index >= 15 is 0 Å². The van der Waals surface area contributed by atoms with Crippen LogP contribution in [0.25, 0.3) is 0 Å². The first-order valence-corrected chi connectivity index (χ1v) is 6.57. The summed E-state index contributed by atoms with van der Waals surface area (Å²) in [6, 6.07) is 0.239. The number of aromatic nitrogens is 3. The minimum atomic E-state index is 0.239. The summed E-state index contributed by atoms with van der Waals surface area (Å²) < 4.78 is 1.74. The van der Waals surface area contributed by atoms with Crippen molar-refractivity contribution in [3.8, 4) is 0 Å². The van der Waals surface area contributed by atoms with Crippen LogP contribution >= 0.6 is 0 Å². The lowest BCUT2D eigenvalue weighted by atomic mass is 9.71. The van der Waals surface area contributed by atoms with Gasteiger partial charge in [0.2, 0.25) is 0 Å². The second kappa shape index (κ2) is 4.77. The Hall–Kier alpha value is -0.900. The lowest BCUT2D eigenvalue weighted by Gasteiger charge is -2.36. The van der Waals surface area contributed by atoms with Crippen LogP contribution in [0, 0.1) is 11.3 Å². The Kier molecular flexibility index (Phi) is 3.52. The molecular formula is C13H24N4. The van der Waals surface area contributed by atoms with Gasteiger partial charge >= 0.3 is 0 Å². The van der Waals surface area contributed by atoms with Gasteiger partial charge in [0.05, 0.1) is 5.69 Å². The molecule has 0 aliphatic heterocycles. The van der Waals surface area contributed by atoms with E-state index in [1.807, 2.05) is 13.2 Å².